The average Bonchev–Trinajstić information content (AvgIpc) is 2.86. The lowest BCUT2D eigenvalue weighted by Gasteiger charge is -2.36. The Hall–Kier alpha value is -1.33. The number of pyridine rings is 1. The second kappa shape index (κ2) is 5.81. The number of aryl methyl sites for hydroxylation is 1. The van der Waals surface area contributed by atoms with E-state index in [1.54, 1.807) is 7.11 Å². The summed E-state index contributed by atoms with van der Waals surface area (Å²) in [5, 5.41) is 0. The first-order valence-electron chi connectivity index (χ1n) is 7.24. The summed E-state index contributed by atoms with van der Waals surface area (Å²) in [7, 11) is 1.62. The smallest absolute Gasteiger partial charge is 0.215 e. The van der Waals surface area contributed by atoms with Gasteiger partial charge in [0.15, 0.2) is 5.65 Å². The van der Waals surface area contributed by atoms with Crippen LogP contribution in [0.3, 0.4) is 0 Å². The molecule has 6 heteroatoms. The van der Waals surface area contributed by atoms with Crippen LogP contribution in [0.5, 0.6) is 5.88 Å². The number of nitrogens with zero attached hydrogens (tertiary/aromatic N) is 3. The van der Waals surface area contributed by atoms with Gasteiger partial charge in [0, 0.05) is 25.0 Å². The Morgan fingerprint density at radius 3 is 2.95 bits per heavy atom. The van der Waals surface area contributed by atoms with Gasteiger partial charge in [-0.3, -0.25) is 0 Å². The van der Waals surface area contributed by atoms with Crippen molar-refractivity contribution in [1.29, 1.82) is 0 Å². The number of hydrogen-bond donors (Lipinski definition) is 0. The molecule has 1 aliphatic rings. The van der Waals surface area contributed by atoms with Crippen LogP contribution in [0.15, 0.2) is 12.1 Å². The molecule has 0 amide bonds. The number of rotatable bonds is 4. The van der Waals surface area contributed by atoms with E-state index in [2.05, 4.69) is 16.5 Å². The molecule has 114 valence electrons. The zero-order valence-electron chi connectivity index (χ0n) is 12.4. The van der Waals surface area contributed by atoms with E-state index in [-0.39, 0.29) is 5.54 Å². The Kier molecular flexibility index (Phi) is 4.04. The van der Waals surface area contributed by atoms with Gasteiger partial charge >= 0.3 is 0 Å². The van der Waals surface area contributed by atoms with E-state index >= 15 is 0 Å². The largest absolute Gasteiger partial charge is 0.481 e. The number of halogens is 1. The molecule has 1 aliphatic heterocycles. The molecule has 3 rings (SSSR count). The lowest BCUT2D eigenvalue weighted by Crippen LogP contribution is -2.40. The van der Waals surface area contributed by atoms with Crippen molar-refractivity contribution in [3.8, 4) is 5.88 Å². The van der Waals surface area contributed by atoms with Crippen molar-refractivity contribution in [3.05, 3.63) is 18.0 Å². The van der Waals surface area contributed by atoms with Crippen molar-refractivity contribution in [3.63, 3.8) is 0 Å². The van der Waals surface area contributed by atoms with Crippen LogP contribution in [0.2, 0.25) is 0 Å². The maximum atomic E-state index is 5.95. The Bertz CT molecular complexity index is 635. The molecule has 2 aromatic heterocycles. The van der Waals surface area contributed by atoms with E-state index < -0.39 is 0 Å². The predicted octanol–water partition coefficient (Wildman–Crippen LogP) is 2.75. The SMILES string of the molecule is COc1ccc2nc(CCCl)n(C3(C)CCCOC3)c2n1. The first-order chi connectivity index (χ1) is 10.2. The van der Waals surface area contributed by atoms with Crippen molar-refractivity contribution >= 4 is 22.8 Å². The van der Waals surface area contributed by atoms with E-state index in [4.69, 9.17) is 26.1 Å². The molecule has 0 radical (unpaired) electrons. The molecule has 3 heterocycles. The molecule has 0 aromatic carbocycles. The Balaban J connectivity index is 2.18. The number of hydrogen-bond acceptors (Lipinski definition) is 4. The molecule has 1 atom stereocenters. The summed E-state index contributed by atoms with van der Waals surface area (Å²) >= 11 is 5.95. The van der Waals surface area contributed by atoms with Gasteiger partial charge in [-0.05, 0) is 25.8 Å². The van der Waals surface area contributed by atoms with Gasteiger partial charge in [-0.1, -0.05) is 0 Å². The van der Waals surface area contributed by atoms with Crippen LogP contribution in [-0.4, -0.2) is 40.7 Å². The van der Waals surface area contributed by atoms with Crippen LogP contribution in [0, 0.1) is 0 Å². The third-order valence-electron chi connectivity index (χ3n) is 4.03. The number of alkyl halides is 1. The molecule has 0 N–H and O–H groups in total. The molecule has 0 saturated carbocycles. The molecule has 0 bridgehead atoms. The zero-order chi connectivity index (χ0) is 14.9. The molecule has 1 fully saturated rings. The highest BCUT2D eigenvalue weighted by Crippen LogP contribution is 2.32. The quantitative estimate of drug-likeness (QED) is 0.815. The van der Waals surface area contributed by atoms with Crippen LogP contribution >= 0.6 is 11.6 Å². The van der Waals surface area contributed by atoms with Crippen LogP contribution in [0.25, 0.3) is 11.2 Å². The van der Waals surface area contributed by atoms with Gasteiger partial charge in [0.25, 0.3) is 0 Å². The highest BCUT2D eigenvalue weighted by Gasteiger charge is 2.33. The van der Waals surface area contributed by atoms with Crippen molar-refractivity contribution in [1.82, 2.24) is 14.5 Å². The topological polar surface area (TPSA) is 49.2 Å². The highest BCUT2D eigenvalue weighted by atomic mass is 35.5. The third-order valence-corrected chi connectivity index (χ3v) is 4.22. The van der Waals surface area contributed by atoms with E-state index in [0.717, 1.165) is 42.9 Å². The average molecular weight is 310 g/mol. The van der Waals surface area contributed by atoms with Gasteiger partial charge in [-0.15, -0.1) is 11.6 Å². The number of fused-ring (bicyclic) bond motifs is 1. The van der Waals surface area contributed by atoms with Gasteiger partial charge < -0.3 is 14.0 Å². The van der Waals surface area contributed by atoms with E-state index in [1.165, 1.54) is 0 Å². The minimum absolute atomic E-state index is 0.131. The minimum Gasteiger partial charge on any atom is -0.481 e. The van der Waals surface area contributed by atoms with Crippen LogP contribution in [-0.2, 0) is 16.7 Å². The first-order valence-corrected chi connectivity index (χ1v) is 7.78. The van der Waals surface area contributed by atoms with Gasteiger partial charge in [0.2, 0.25) is 5.88 Å². The summed E-state index contributed by atoms with van der Waals surface area (Å²) in [5.41, 5.74) is 1.60. The molecule has 21 heavy (non-hydrogen) atoms. The lowest BCUT2D eigenvalue weighted by molar-refractivity contribution is 0.00995. The summed E-state index contributed by atoms with van der Waals surface area (Å²) in [6.45, 7) is 3.70. The second-order valence-electron chi connectivity index (χ2n) is 5.65. The van der Waals surface area contributed by atoms with Crippen LogP contribution < -0.4 is 4.74 Å². The highest BCUT2D eigenvalue weighted by molar-refractivity contribution is 6.17. The third kappa shape index (κ3) is 2.60. The number of ether oxygens (including phenoxy) is 2. The monoisotopic (exact) mass is 309 g/mol. The first kappa shape index (κ1) is 14.6. The predicted molar refractivity (Wildman–Crippen MR) is 82.2 cm³/mol. The second-order valence-corrected chi connectivity index (χ2v) is 6.03. The normalized spacial score (nSPS) is 22.6. The molecular formula is C15H20ClN3O2. The van der Waals surface area contributed by atoms with E-state index in [1.807, 2.05) is 12.1 Å². The molecule has 1 unspecified atom stereocenters. The number of aromatic nitrogens is 3. The standard InChI is InChI=1S/C15H20ClN3O2/c1-15(7-3-9-21-10-15)19-12(6-8-16)17-11-4-5-13(20-2)18-14(11)19/h4-5H,3,6-10H2,1-2H3. The summed E-state index contributed by atoms with van der Waals surface area (Å²) in [4.78, 5) is 9.30. The van der Waals surface area contributed by atoms with Gasteiger partial charge in [-0.2, -0.15) is 4.98 Å². The summed E-state index contributed by atoms with van der Waals surface area (Å²) < 4.78 is 13.2. The van der Waals surface area contributed by atoms with Gasteiger partial charge in [0.1, 0.15) is 11.3 Å². The minimum atomic E-state index is -0.131. The maximum Gasteiger partial charge on any atom is 0.215 e. The Morgan fingerprint density at radius 1 is 1.43 bits per heavy atom. The van der Waals surface area contributed by atoms with Crippen LogP contribution in [0.1, 0.15) is 25.6 Å². The maximum absolute atomic E-state index is 5.95. The molecule has 0 aliphatic carbocycles. The Morgan fingerprint density at radius 2 is 2.29 bits per heavy atom. The molecule has 1 saturated heterocycles. The number of methoxy groups -OCH3 is 1. The fraction of sp³-hybridized carbons (Fsp3) is 0.600. The fourth-order valence-electron chi connectivity index (χ4n) is 3.02. The van der Waals surface area contributed by atoms with E-state index in [9.17, 15) is 0 Å². The van der Waals surface area contributed by atoms with Crippen molar-refractivity contribution in [2.75, 3.05) is 26.2 Å². The fourth-order valence-corrected chi connectivity index (χ4v) is 3.18. The van der Waals surface area contributed by atoms with Crippen molar-refractivity contribution < 1.29 is 9.47 Å². The molecular weight excluding hydrogens is 290 g/mol. The zero-order valence-corrected chi connectivity index (χ0v) is 13.2. The Labute approximate surface area is 129 Å². The van der Waals surface area contributed by atoms with Gasteiger partial charge in [-0.25, -0.2) is 4.98 Å². The summed E-state index contributed by atoms with van der Waals surface area (Å²) in [6, 6.07) is 3.78. The summed E-state index contributed by atoms with van der Waals surface area (Å²) in [6.07, 6.45) is 2.81. The number of imidazole rings is 1. The summed E-state index contributed by atoms with van der Waals surface area (Å²) in [5.74, 6) is 2.10. The van der Waals surface area contributed by atoms with Crippen molar-refractivity contribution in [2.45, 2.75) is 31.7 Å². The van der Waals surface area contributed by atoms with Crippen molar-refractivity contribution in [2.24, 2.45) is 0 Å². The van der Waals surface area contributed by atoms with Crippen LogP contribution in [0.4, 0.5) is 0 Å². The van der Waals surface area contributed by atoms with E-state index in [0.29, 0.717) is 18.4 Å². The molecule has 5 nitrogen and oxygen atoms in total. The lowest BCUT2D eigenvalue weighted by atomic mass is 9.94. The molecule has 2 aromatic rings. The molecule has 0 spiro atoms. The van der Waals surface area contributed by atoms with Gasteiger partial charge in [0.05, 0.1) is 19.3 Å².